The normalized spacial score (nSPS) is 17.0. The second-order valence-corrected chi connectivity index (χ2v) is 9.39. The van der Waals surface area contributed by atoms with Crippen LogP contribution in [0.3, 0.4) is 0 Å². The molecule has 3 rings (SSSR count). The highest BCUT2D eigenvalue weighted by Crippen LogP contribution is 2.46. The first-order chi connectivity index (χ1) is 14.2. The molecule has 1 unspecified atom stereocenters. The van der Waals surface area contributed by atoms with Gasteiger partial charge in [-0.15, -0.1) is 0 Å². The molecule has 0 N–H and O–H groups in total. The molecule has 0 bridgehead atoms. The van der Waals surface area contributed by atoms with Crippen LogP contribution in [0.4, 0.5) is 0 Å². The van der Waals surface area contributed by atoms with E-state index >= 15 is 0 Å². The molecule has 1 aliphatic rings. The van der Waals surface area contributed by atoms with E-state index < -0.39 is 0 Å². The number of nitriles is 1. The summed E-state index contributed by atoms with van der Waals surface area (Å²) in [5.41, 5.74) is 2.21. The average Bonchev–Trinajstić information content (AvgIpc) is 2.77. The zero-order valence-corrected chi connectivity index (χ0v) is 19.2. The number of halogens is 1. The maximum absolute atomic E-state index is 10.4. The summed E-state index contributed by atoms with van der Waals surface area (Å²) in [7, 11) is 2.20. The molecule has 154 valence electrons. The van der Waals surface area contributed by atoms with Gasteiger partial charge < -0.3 is 4.90 Å². The van der Waals surface area contributed by atoms with E-state index in [4.69, 9.17) is 0 Å². The zero-order valence-electron chi connectivity index (χ0n) is 17.6. The second-order valence-electron chi connectivity index (χ2n) is 8.54. The lowest BCUT2D eigenvalue weighted by atomic mass is 9.63. The standard InChI is InChI=1S/C26H33BrN2/c1-29(20-17-22-11-4-2-5-12-22)19-10-18-26(21-28,23-13-6-3-7-14-23)24-15-8-9-16-25(24)27/h2,4-5,8-9,11-12,15-16,23H,3,6-7,10,13-14,17-20H2,1H3. The average molecular weight is 453 g/mol. The molecule has 0 spiro atoms. The molecule has 3 heteroatoms. The Labute approximate surface area is 185 Å². The molecule has 2 aromatic carbocycles. The predicted octanol–water partition coefficient (Wildman–Crippen LogP) is 6.75. The van der Waals surface area contributed by atoms with E-state index in [1.165, 1.54) is 43.2 Å². The van der Waals surface area contributed by atoms with Crippen molar-refractivity contribution in [2.75, 3.05) is 20.1 Å². The summed E-state index contributed by atoms with van der Waals surface area (Å²) in [6, 6.07) is 21.9. The number of hydrogen-bond donors (Lipinski definition) is 0. The minimum absolute atomic E-state index is 0.374. The van der Waals surface area contributed by atoms with Gasteiger partial charge in [-0.1, -0.05) is 83.7 Å². The molecule has 0 heterocycles. The van der Waals surface area contributed by atoms with E-state index in [2.05, 4.69) is 82.5 Å². The molecule has 0 amide bonds. The largest absolute Gasteiger partial charge is 0.306 e. The van der Waals surface area contributed by atoms with Gasteiger partial charge in [-0.3, -0.25) is 0 Å². The molecule has 29 heavy (non-hydrogen) atoms. The SMILES string of the molecule is CN(CCCC(C#N)(c1ccccc1Br)C1CCCCC1)CCc1ccccc1. The van der Waals surface area contributed by atoms with Crippen LogP contribution in [0.25, 0.3) is 0 Å². The number of nitrogens with zero attached hydrogens (tertiary/aromatic N) is 2. The Kier molecular flexibility index (Phi) is 8.33. The van der Waals surface area contributed by atoms with Crippen LogP contribution in [0, 0.1) is 17.2 Å². The van der Waals surface area contributed by atoms with Gasteiger partial charge in [0.15, 0.2) is 0 Å². The third kappa shape index (κ3) is 5.71. The van der Waals surface area contributed by atoms with Crippen molar-refractivity contribution in [2.24, 2.45) is 5.92 Å². The Morgan fingerprint density at radius 1 is 1.00 bits per heavy atom. The Hall–Kier alpha value is -1.63. The lowest BCUT2D eigenvalue weighted by Crippen LogP contribution is -2.37. The Morgan fingerprint density at radius 2 is 1.69 bits per heavy atom. The molecule has 1 atom stereocenters. The molecule has 1 fully saturated rings. The van der Waals surface area contributed by atoms with Crippen LogP contribution in [0.5, 0.6) is 0 Å². The molecule has 0 saturated heterocycles. The molecule has 2 nitrogen and oxygen atoms in total. The van der Waals surface area contributed by atoms with E-state index in [-0.39, 0.29) is 5.41 Å². The highest BCUT2D eigenvalue weighted by molar-refractivity contribution is 9.10. The molecule has 1 saturated carbocycles. The Morgan fingerprint density at radius 3 is 2.38 bits per heavy atom. The molecule has 1 aliphatic carbocycles. The fourth-order valence-corrected chi connectivity index (χ4v) is 5.53. The molecule has 0 radical (unpaired) electrons. The third-order valence-electron chi connectivity index (χ3n) is 6.59. The minimum Gasteiger partial charge on any atom is -0.306 e. The van der Waals surface area contributed by atoms with Crippen molar-refractivity contribution in [2.45, 2.75) is 56.8 Å². The van der Waals surface area contributed by atoms with E-state index in [1.54, 1.807) is 0 Å². The number of hydrogen-bond acceptors (Lipinski definition) is 2. The number of rotatable bonds is 9. The topological polar surface area (TPSA) is 27.0 Å². The van der Waals surface area contributed by atoms with Gasteiger partial charge in [0, 0.05) is 11.0 Å². The predicted molar refractivity (Wildman–Crippen MR) is 125 cm³/mol. The van der Waals surface area contributed by atoms with Gasteiger partial charge in [-0.25, -0.2) is 0 Å². The monoisotopic (exact) mass is 452 g/mol. The van der Waals surface area contributed by atoms with E-state index in [9.17, 15) is 5.26 Å². The molecule has 0 aromatic heterocycles. The van der Waals surface area contributed by atoms with Crippen LogP contribution in [-0.4, -0.2) is 25.0 Å². The zero-order chi connectivity index (χ0) is 20.5. The van der Waals surface area contributed by atoms with Gasteiger partial charge in [0.1, 0.15) is 0 Å². The Balaban J connectivity index is 1.65. The van der Waals surface area contributed by atoms with Gasteiger partial charge >= 0.3 is 0 Å². The van der Waals surface area contributed by atoms with Gasteiger partial charge in [0.05, 0.1) is 11.5 Å². The van der Waals surface area contributed by atoms with Crippen LogP contribution < -0.4 is 0 Å². The molecular formula is C26H33BrN2. The summed E-state index contributed by atoms with van der Waals surface area (Å²) in [5, 5.41) is 10.4. The van der Waals surface area contributed by atoms with Gasteiger partial charge in [-0.2, -0.15) is 5.26 Å². The first kappa shape index (κ1) is 22.1. The van der Waals surface area contributed by atoms with Crippen LogP contribution >= 0.6 is 15.9 Å². The van der Waals surface area contributed by atoms with Crippen molar-refractivity contribution in [3.8, 4) is 6.07 Å². The van der Waals surface area contributed by atoms with E-state index in [0.29, 0.717) is 5.92 Å². The van der Waals surface area contributed by atoms with Crippen LogP contribution in [0.2, 0.25) is 0 Å². The summed E-state index contributed by atoms with van der Waals surface area (Å²) in [4.78, 5) is 2.41. The summed E-state index contributed by atoms with van der Waals surface area (Å²) in [6.07, 6.45) is 9.26. The number of likely N-dealkylation sites (N-methyl/N-ethyl adjacent to an activating group) is 1. The van der Waals surface area contributed by atoms with Crippen molar-refractivity contribution in [3.05, 3.63) is 70.2 Å². The van der Waals surface area contributed by atoms with E-state index in [0.717, 1.165) is 36.8 Å². The summed E-state index contributed by atoms with van der Waals surface area (Å²) in [5.74, 6) is 0.467. The fraction of sp³-hybridized carbons (Fsp3) is 0.500. The second kappa shape index (κ2) is 11.0. The maximum Gasteiger partial charge on any atom is 0.0861 e. The van der Waals surface area contributed by atoms with Crippen molar-refractivity contribution >= 4 is 15.9 Å². The lowest BCUT2D eigenvalue weighted by molar-refractivity contribution is 0.224. The van der Waals surface area contributed by atoms with Crippen LogP contribution in [0.1, 0.15) is 56.1 Å². The minimum atomic E-state index is -0.374. The first-order valence-electron chi connectivity index (χ1n) is 11.0. The summed E-state index contributed by atoms with van der Waals surface area (Å²) >= 11 is 3.75. The lowest BCUT2D eigenvalue weighted by Gasteiger charge is -2.39. The molecular weight excluding hydrogens is 420 g/mol. The molecule has 2 aromatic rings. The summed E-state index contributed by atoms with van der Waals surface area (Å²) in [6.45, 7) is 2.09. The first-order valence-corrected chi connectivity index (χ1v) is 11.8. The number of benzene rings is 2. The van der Waals surface area contributed by atoms with Crippen molar-refractivity contribution in [1.29, 1.82) is 5.26 Å². The molecule has 0 aliphatic heterocycles. The van der Waals surface area contributed by atoms with Crippen LogP contribution in [0.15, 0.2) is 59.1 Å². The Bertz CT molecular complexity index is 792. The quantitative estimate of drug-likeness (QED) is 0.420. The van der Waals surface area contributed by atoms with Gasteiger partial charge in [0.2, 0.25) is 0 Å². The van der Waals surface area contributed by atoms with Gasteiger partial charge in [-0.05, 0) is 68.8 Å². The third-order valence-corrected chi connectivity index (χ3v) is 7.28. The highest BCUT2D eigenvalue weighted by atomic mass is 79.9. The van der Waals surface area contributed by atoms with Crippen molar-refractivity contribution in [3.63, 3.8) is 0 Å². The van der Waals surface area contributed by atoms with Crippen molar-refractivity contribution < 1.29 is 0 Å². The van der Waals surface area contributed by atoms with E-state index in [1.807, 2.05) is 6.07 Å². The van der Waals surface area contributed by atoms with Gasteiger partial charge in [0.25, 0.3) is 0 Å². The maximum atomic E-state index is 10.4. The summed E-state index contributed by atoms with van der Waals surface area (Å²) < 4.78 is 1.09. The fourth-order valence-electron chi connectivity index (χ4n) is 4.89. The van der Waals surface area contributed by atoms with Crippen LogP contribution in [-0.2, 0) is 11.8 Å². The van der Waals surface area contributed by atoms with Crippen molar-refractivity contribution in [1.82, 2.24) is 4.90 Å². The highest BCUT2D eigenvalue weighted by Gasteiger charge is 2.41. The smallest absolute Gasteiger partial charge is 0.0861 e.